The van der Waals surface area contributed by atoms with Crippen molar-refractivity contribution in [2.75, 3.05) is 12.3 Å². The van der Waals surface area contributed by atoms with Crippen LogP contribution in [0, 0.1) is 0 Å². The summed E-state index contributed by atoms with van der Waals surface area (Å²) in [5.41, 5.74) is 2.75. The van der Waals surface area contributed by atoms with Crippen molar-refractivity contribution in [3.8, 4) is 0 Å². The van der Waals surface area contributed by atoms with Gasteiger partial charge in [0.2, 0.25) is 0 Å². The standard InChI is InChI=1S/C20H30N2OS/c1-20(2,3)16-11-9-15(10-12-16)18-22(13-14-24-18)19(23)21-17-7-5-4-6-8-17/h9-12,17-18H,4-8,13-14H2,1-3H3,(H,21,23)/t18-/m0/s1. The van der Waals surface area contributed by atoms with Crippen LogP contribution >= 0.6 is 11.8 Å². The highest BCUT2D eigenvalue weighted by Crippen LogP contribution is 2.38. The second-order valence-electron chi connectivity index (χ2n) is 8.07. The molecule has 0 radical (unpaired) electrons. The SMILES string of the molecule is CC(C)(C)c1ccc([C@@H]2SCCN2C(=O)NC2CCCCC2)cc1. The zero-order valence-electron chi connectivity index (χ0n) is 15.2. The molecule has 0 unspecified atom stereocenters. The van der Waals surface area contributed by atoms with Gasteiger partial charge in [0.15, 0.2) is 0 Å². The summed E-state index contributed by atoms with van der Waals surface area (Å²) in [5, 5.41) is 3.43. The van der Waals surface area contributed by atoms with E-state index >= 15 is 0 Å². The van der Waals surface area contributed by atoms with Gasteiger partial charge in [-0.25, -0.2) is 4.79 Å². The summed E-state index contributed by atoms with van der Waals surface area (Å²) in [4.78, 5) is 14.7. The van der Waals surface area contributed by atoms with E-state index < -0.39 is 0 Å². The van der Waals surface area contributed by atoms with Gasteiger partial charge < -0.3 is 10.2 Å². The summed E-state index contributed by atoms with van der Waals surface area (Å²) in [5.74, 6) is 1.02. The Morgan fingerprint density at radius 2 is 1.79 bits per heavy atom. The summed E-state index contributed by atoms with van der Waals surface area (Å²) in [7, 11) is 0. The molecule has 0 bridgehead atoms. The lowest BCUT2D eigenvalue weighted by molar-refractivity contribution is 0.192. The average Bonchev–Trinajstić information content (AvgIpc) is 3.05. The Labute approximate surface area is 150 Å². The van der Waals surface area contributed by atoms with Crippen LogP contribution in [-0.4, -0.2) is 29.3 Å². The molecule has 2 amide bonds. The summed E-state index contributed by atoms with van der Waals surface area (Å²) in [6.07, 6.45) is 6.08. The number of carbonyl (C=O) groups excluding carboxylic acids is 1. The van der Waals surface area contributed by atoms with Crippen molar-refractivity contribution < 1.29 is 4.79 Å². The van der Waals surface area contributed by atoms with Crippen molar-refractivity contribution >= 4 is 17.8 Å². The van der Waals surface area contributed by atoms with Crippen LogP contribution in [0.5, 0.6) is 0 Å². The minimum absolute atomic E-state index is 0.122. The number of hydrogen-bond donors (Lipinski definition) is 1. The van der Waals surface area contributed by atoms with Crippen LogP contribution in [0.2, 0.25) is 0 Å². The lowest BCUT2D eigenvalue weighted by atomic mass is 9.87. The third-order valence-electron chi connectivity index (χ3n) is 5.15. The average molecular weight is 347 g/mol. The molecule has 1 aliphatic carbocycles. The molecule has 1 heterocycles. The van der Waals surface area contributed by atoms with Gasteiger partial charge in [0.25, 0.3) is 0 Å². The van der Waals surface area contributed by atoms with Crippen molar-refractivity contribution in [2.45, 2.75) is 69.7 Å². The first-order valence-corrected chi connectivity index (χ1v) is 10.3. The minimum Gasteiger partial charge on any atom is -0.335 e. The molecule has 1 aromatic carbocycles. The lowest BCUT2D eigenvalue weighted by Gasteiger charge is -2.29. The number of thioether (sulfide) groups is 1. The van der Waals surface area contributed by atoms with Crippen LogP contribution < -0.4 is 5.32 Å². The maximum absolute atomic E-state index is 12.7. The van der Waals surface area contributed by atoms with Gasteiger partial charge in [-0.05, 0) is 29.4 Å². The summed E-state index contributed by atoms with van der Waals surface area (Å²) < 4.78 is 0. The molecule has 1 aliphatic heterocycles. The topological polar surface area (TPSA) is 32.3 Å². The Bertz CT molecular complexity index is 558. The largest absolute Gasteiger partial charge is 0.335 e. The Hall–Kier alpha value is -1.16. The third-order valence-corrected chi connectivity index (χ3v) is 6.41. The number of benzene rings is 1. The van der Waals surface area contributed by atoms with E-state index in [9.17, 15) is 4.79 Å². The minimum atomic E-state index is 0.122. The molecule has 1 saturated heterocycles. The predicted octanol–water partition coefficient (Wildman–Crippen LogP) is 5.07. The number of nitrogens with one attached hydrogen (secondary N) is 1. The van der Waals surface area contributed by atoms with Gasteiger partial charge in [-0.2, -0.15) is 0 Å². The zero-order chi connectivity index (χ0) is 17.2. The Balaban J connectivity index is 1.67. The van der Waals surface area contributed by atoms with Gasteiger partial charge in [-0.1, -0.05) is 64.3 Å². The van der Waals surface area contributed by atoms with Crippen molar-refractivity contribution in [3.63, 3.8) is 0 Å². The Morgan fingerprint density at radius 3 is 2.42 bits per heavy atom. The number of carbonyl (C=O) groups is 1. The van der Waals surface area contributed by atoms with Crippen LogP contribution in [0.15, 0.2) is 24.3 Å². The van der Waals surface area contributed by atoms with Crippen LogP contribution in [-0.2, 0) is 5.41 Å². The van der Waals surface area contributed by atoms with E-state index in [2.05, 4.69) is 50.4 Å². The molecule has 4 heteroatoms. The van der Waals surface area contributed by atoms with E-state index in [0.717, 1.165) is 25.1 Å². The normalized spacial score (nSPS) is 22.6. The summed E-state index contributed by atoms with van der Waals surface area (Å²) in [6, 6.07) is 9.32. The number of rotatable bonds is 2. The van der Waals surface area contributed by atoms with Crippen molar-refractivity contribution in [1.82, 2.24) is 10.2 Å². The molecular weight excluding hydrogens is 316 g/mol. The number of hydrogen-bond acceptors (Lipinski definition) is 2. The quantitative estimate of drug-likeness (QED) is 0.810. The fourth-order valence-corrected chi connectivity index (χ4v) is 4.86. The first-order chi connectivity index (χ1) is 11.4. The molecule has 3 rings (SSSR count). The van der Waals surface area contributed by atoms with Gasteiger partial charge >= 0.3 is 6.03 Å². The molecule has 1 atom stereocenters. The van der Waals surface area contributed by atoms with Gasteiger partial charge in [0.1, 0.15) is 5.37 Å². The van der Waals surface area contributed by atoms with E-state index in [1.807, 2.05) is 16.7 Å². The third kappa shape index (κ3) is 4.08. The van der Waals surface area contributed by atoms with Crippen LogP contribution in [0.4, 0.5) is 4.79 Å². The van der Waals surface area contributed by atoms with Gasteiger partial charge in [0, 0.05) is 18.3 Å². The highest BCUT2D eigenvalue weighted by Gasteiger charge is 2.32. The molecule has 2 aliphatic rings. The molecule has 24 heavy (non-hydrogen) atoms. The number of amides is 2. The number of urea groups is 1. The van der Waals surface area contributed by atoms with Crippen LogP contribution in [0.25, 0.3) is 0 Å². The molecule has 0 spiro atoms. The van der Waals surface area contributed by atoms with Crippen LogP contribution in [0.1, 0.15) is 69.4 Å². The summed E-state index contributed by atoms with van der Waals surface area (Å²) >= 11 is 1.87. The molecule has 1 N–H and O–H groups in total. The maximum atomic E-state index is 12.7. The Kier molecular flexibility index (Phi) is 5.43. The van der Waals surface area contributed by atoms with Gasteiger partial charge in [0.05, 0.1) is 0 Å². The molecule has 2 fully saturated rings. The molecule has 1 aromatic rings. The first-order valence-electron chi connectivity index (χ1n) is 9.24. The van der Waals surface area contributed by atoms with Crippen molar-refractivity contribution in [3.05, 3.63) is 35.4 Å². The fourth-order valence-electron chi connectivity index (χ4n) is 3.61. The van der Waals surface area contributed by atoms with Crippen molar-refractivity contribution in [2.24, 2.45) is 0 Å². The summed E-state index contributed by atoms with van der Waals surface area (Å²) in [6.45, 7) is 7.54. The lowest BCUT2D eigenvalue weighted by Crippen LogP contribution is -2.45. The first kappa shape index (κ1) is 17.7. The molecule has 0 aromatic heterocycles. The smallest absolute Gasteiger partial charge is 0.318 e. The highest BCUT2D eigenvalue weighted by molar-refractivity contribution is 7.99. The molecular formula is C20H30N2OS. The molecule has 132 valence electrons. The van der Waals surface area contributed by atoms with E-state index in [1.54, 1.807) is 0 Å². The maximum Gasteiger partial charge on any atom is 0.318 e. The fraction of sp³-hybridized carbons (Fsp3) is 0.650. The zero-order valence-corrected chi connectivity index (χ0v) is 16.0. The van der Waals surface area contributed by atoms with Crippen LogP contribution in [0.3, 0.4) is 0 Å². The second-order valence-corrected chi connectivity index (χ2v) is 9.26. The molecule has 1 saturated carbocycles. The van der Waals surface area contributed by atoms with E-state index in [4.69, 9.17) is 0 Å². The Morgan fingerprint density at radius 1 is 1.12 bits per heavy atom. The van der Waals surface area contributed by atoms with Gasteiger partial charge in [-0.3, -0.25) is 0 Å². The highest BCUT2D eigenvalue weighted by atomic mass is 32.2. The second kappa shape index (κ2) is 7.38. The van der Waals surface area contributed by atoms with E-state index in [0.29, 0.717) is 6.04 Å². The predicted molar refractivity (Wildman–Crippen MR) is 102 cm³/mol. The number of nitrogens with zero attached hydrogens (tertiary/aromatic N) is 1. The monoisotopic (exact) mass is 346 g/mol. The van der Waals surface area contributed by atoms with Crippen molar-refractivity contribution in [1.29, 1.82) is 0 Å². The molecule has 3 nitrogen and oxygen atoms in total. The van der Waals surface area contributed by atoms with E-state index in [1.165, 1.54) is 30.4 Å². The van der Waals surface area contributed by atoms with E-state index in [-0.39, 0.29) is 16.8 Å². The van der Waals surface area contributed by atoms with Gasteiger partial charge in [-0.15, -0.1) is 11.8 Å².